The minimum Gasteiger partial charge on any atom is -0.299 e. The molecule has 13 heteroatoms. The second-order valence-corrected chi connectivity index (χ2v) is 13.6. The first-order chi connectivity index (χ1) is 20.3. The van der Waals surface area contributed by atoms with Gasteiger partial charge in [-0.15, -0.1) is 0 Å². The van der Waals surface area contributed by atoms with Crippen LogP contribution in [-0.2, 0) is 12.7 Å². The minimum absolute atomic E-state index is 0.0402. The van der Waals surface area contributed by atoms with Gasteiger partial charge in [0.15, 0.2) is 0 Å². The van der Waals surface area contributed by atoms with Crippen molar-refractivity contribution in [2.45, 2.75) is 89.4 Å². The number of hydrogen-bond acceptors (Lipinski definition) is 5. The molecule has 2 saturated carbocycles. The molecule has 2 aliphatic carbocycles. The van der Waals surface area contributed by atoms with Gasteiger partial charge >= 0.3 is 18.0 Å². The molecule has 4 aliphatic rings. The maximum Gasteiger partial charge on any atom is 0.418 e. The van der Waals surface area contributed by atoms with E-state index in [1.807, 2.05) is 7.05 Å². The van der Waals surface area contributed by atoms with Gasteiger partial charge in [-0.2, -0.15) is 26.3 Å². The summed E-state index contributed by atoms with van der Waals surface area (Å²) in [5.74, 6) is -1.35. The van der Waals surface area contributed by atoms with Crippen molar-refractivity contribution in [3.8, 4) is 0 Å². The van der Waals surface area contributed by atoms with Crippen molar-refractivity contribution in [3.63, 3.8) is 0 Å². The molecule has 2 aromatic heterocycles. The first-order valence-electron chi connectivity index (χ1n) is 15.6. The number of halogens is 6. The predicted molar refractivity (Wildman–Crippen MR) is 150 cm³/mol. The number of piperidine rings is 1. The molecule has 0 amide bonds. The highest BCUT2D eigenvalue weighted by Gasteiger charge is 2.51. The van der Waals surface area contributed by atoms with E-state index in [1.165, 1.54) is 10.8 Å². The Hall–Kier alpha value is -2.09. The quantitative estimate of drug-likeness (QED) is 0.414. The molecule has 6 rings (SSSR count). The van der Waals surface area contributed by atoms with Gasteiger partial charge in [0.2, 0.25) is 0 Å². The van der Waals surface area contributed by atoms with Crippen LogP contribution in [-0.4, -0.2) is 57.9 Å². The van der Waals surface area contributed by atoms with Crippen molar-refractivity contribution in [1.82, 2.24) is 29.6 Å². The van der Waals surface area contributed by atoms with Gasteiger partial charge in [-0.3, -0.25) is 18.8 Å². The van der Waals surface area contributed by atoms with E-state index in [2.05, 4.69) is 27.6 Å². The fraction of sp³-hybridized carbons (Fsp3) is 0.767. The molecule has 2 aliphatic heterocycles. The normalized spacial score (nSPS) is 31.0. The van der Waals surface area contributed by atoms with Crippen LogP contribution < -0.4 is 16.5 Å². The summed E-state index contributed by atoms with van der Waals surface area (Å²) in [6.45, 7) is 4.49. The number of rotatable bonds is 6. The first-order valence-corrected chi connectivity index (χ1v) is 15.6. The molecule has 4 fully saturated rings. The van der Waals surface area contributed by atoms with Crippen LogP contribution in [0.3, 0.4) is 0 Å². The second-order valence-electron chi connectivity index (χ2n) is 13.6. The molecule has 7 nitrogen and oxygen atoms in total. The Balaban J connectivity index is 1.38. The van der Waals surface area contributed by atoms with Crippen LogP contribution in [0.1, 0.15) is 75.5 Å². The largest absolute Gasteiger partial charge is 0.418 e. The van der Waals surface area contributed by atoms with Gasteiger partial charge in [0.25, 0.3) is 0 Å². The maximum absolute atomic E-state index is 14.4. The van der Waals surface area contributed by atoms with Crippen LogP contribution in [0.4, 0.5) is 26.3 Å². The van der Waals surface area contributed by atoms with Gasteiger partial charge in [0.1, 0.15) is 0 Å². The summed E-state index contributed by atoms with van der Waals surface area (Å²) < 4.78 is 88.3. The lowest BCUT2D eigenvalue weighted by Crippen LogP contribution is -2.51. The Bertz CT molecular complexity index is 1350. The lowest BCUT2D eigenvalue weighted by atomic mass is 9.63. The molecule has 2 N–H and O–H groups in total. The highest BCUT2D eigenvalue weighted by molar-refractivity contribution is 5.56. The van der Waals surface area contributed by atoms with Crippen LogP contribution in [0.2, 0.25) is 0 Å². The predicted octanol–water partition coefficient (Wildman–Crippen LogP) is 5.61. The summed E-state index contributed by atoms with van der Waals surface area (Å²) in [7, 11) is 1.93. The second kappa shape index (κ2) is 11.7. The summed E-state index contributed by atoms with van der Waals surface area (Å²) in [6.07, 6.45) is -1.83. The van der Waals surface area contributed by atoms with E-state index in [0.717, 1.165) is 61.9 Å². The third-order valence-electron chi connectivity index (χ3n) is 10.5. The van der Waals surface area contributed by atoms with Crippen molar-refractivity contribution >= 4 is 5.52 Å². The Morgan fingerprint density at radius 2 is 1.77 bits per heavy atom. The fourth-order valence-corrected chi connectivity index (χ4v) is 8.27. The van der Waals surface area contributed by atoms with Gasteiger partial charge in [0, 0.05) is 31.5 Å². The zero-order valence-electron chi connectivity index (χ0n) is 24.7. The molecule has 6 atom stereocenters. The third kappa shape index (κ3) is 6.24. The molecule has 0 radical (unpaired) electrons. The van der Waals surface area contributed by atoms with Gasteiger partial charge in [-0.05, 0) is 81.0 Å². The van der Waals surface area contributed by atoms with Gasteiger partial charge in [-0.25, -0.2) is 15.6 Å². The maximum atomic E-state index is 14.4. The topological polar surface area (TPSA) is 57.0 Å². The molecule has 4 heterocycles. The molecule has 2 aromatic rings. The molecule has 240 valence electrons. The van der Waals surface area contributed by atoms with Crippen molar-refractivity contribution in [1.29, 1.82) is 0 Å². The highest BCUT2D eigenvalue weighted by Crippen LogP contribution is 2.51. The van der Waals surface area contributed by atoms with E-state index >= 15 is 0 Å². The number of nitrogens with zero attached hydrogens (tertiary/aromatic N) is 4. The fourth-order valence-electron chi connectivity index (χ4n) is 8.27. The zero-order valence-corrected chi connectivity index (χ0v) is 24.7. The van der Waals surface area contributed by atoms with Gasteiger partial charge in [-0.1, -0.05) is 26.2 Å². The Kier molecular flexibility index (Phi) is 8.40. The molecule has 0 bridgehead atoms. The number of nitrogens with one attached hydrogen (secondary N) is 2. The number of alkyl halides is 6. The Morgan fingerprint density at radius 3 is 2.37 bits per heavy atom. The summed E-state index contributed by atoms with van der Waals surface area (Å²) in [5.41, 5.74) is 4.77. The number of aromatic nitrogens is 2. The van der Waals surface area contributed by atoms with Crippen molar-refractivity contribution in [2.75, 3.05) is 26.8 Å². The minimum atomic E-state index is -4.72. The van der Waals surface area contributed by atoms with E-state index in [-0.39, 0.29) is 48.8 Å². The molecule has 0 aromatic carbocycles. The van der Waals surface area contributed by atoms with Crippen LogP contribution in [0.5, 0.6) is 0 Å². The SMILES string of the molecule is C[C@H]1CCCN(Cc2cc(C(F)(F)F)c3cn(C4CC([C@H](C5CCC5)C5NNCN5C)CC(C(F)(F)F)C4)c(=O)n3c2)C1. The van der Waals surface area contributed by atoms with Crippen LogP contribution in [0.25, 0.3) is 5.52 Å². The van der Waals surface area contributed by atoms with Crippen LogP contribution in [0, 0.1) is 29.6 Å². The Labute approximate surface area is 247 Å². The van der Waals surface area contributed by atoms with Crippen LogP contribution >= 0.6 is 0 Å². The molecule has 4 unspecified atom stereocenters. The smallest absolute Gasteiger partial charge is 0.299 e. The number of likely N-dealkylation sites (tertiary alicyclic amines) is 1. The molecule has 43 heavy (non-hydrogen) atoms. The average molecular weight is 617 g/mol. The number of hydrogen-bond donors (Lipinski definition) is 2. The van der Waals surface area contributed by atoms with E-state index in [0.29, 0.717) is 24.6 Å². The summed E-state index contributed by atoms with van der Waals surface area (Å²) in [6, 6.07) is 0.245. The number of imidazole rings is 1. The lowest BCUT2D eigenvalue weighted by molar-refractivity contribution is -0.193. The Morgan fingerprint density at radius 1 is 1.00 bits per heavy atom. The highest BCUT2D eigenvalue weighted by atomic mass is 19.4. The van der Waals surface area contributed by atoms with Gasteiger partial charge in [0.05, 0.1) is 29.8 Å². The zero-order chi connectivity index (χ0) is 30.7. The molecular formula is C30H42F6N6O. The van der Waals surface area contributed by atoms with Crippen molar-refractivity contribution in [3.05, 3.63) is 40.1 Å². The first kappa shape index (κ1) is 30.9. The number of hydrazine groups is 1. The number of pyridine rings is 1. The molecule has 2 saturated heterocycles. The van der Waals surface area contributed by atoms with E-state index in [4.69, 9.17) is 0 Å². The van der Waals surface area contributed by atoms with E-state index < -0.39 is 35.6 Å². The van der Waals surface area contributed by atoms with Crippen molar-refractivity contribution < 1.29 is 26.3 Å². The number of fused-ring (bicyclic) bond motifs is 1. The lowest BCUT2D eigenvalue weighted by Gasteiger charge is -2.47. The van der Waals surface area contributed by atoms with Crippen molar-refractivity contribution in [2.24, 2.45) is 29.6 Å². The van der Waals surface area contributed by atoms with Crippen LogP contribution in [0.15, 0.2) is 23.3 Å². The molecule has 0 spiro atoms. The monoisotopic (exact) mass is 616 g/mol. The van der Waals surface area contributed by atoms with Gasteiger partial charge < -0.3 is 0 Å². The standard InChI is InChI=1S/C30H42F6N6O/c1-18-5-4-8-40(13-18)14-19-9-24(30(34,35)36)25-16-41(28(43)42(25)15-19)23-11-21(10-22(12-23)29(31,32)33)26(20-6-3-7-20)27-38-37-17-39(27)2/h9,15-16,18,20-23,26-27,37-38H,3-8,10-14,17H2,1-2H3/t18-,21?,22?,23?,26-,27?/m0/s1. The average Bonchev–Trinajstić information content (AvgIpc) is 3.47. The summed E-state index contributed by atoms with van der Waals surface area (Å²) in [5, 5.41) is 0. The molecular weight excluding hydrogens is 574 g/mol. The van der Waals surface area contributed by atoms with E-state index in [9.17, 15) is 31.1 Å². The summed E-state index contributed by atoms with van der Waals surface area (Å²) >= 11 is 0. The third-order valence-corrected chi connectivity index (χ3v) is 10.5. The summed E-state index contributed by atoms with van der Waals surface area (Å²) in [4.78, 5) is 17.9. The van der Waals surface area contributed by atoms with E-state index in [1.54, 1.807) is 0 Å².